The van der Waals surface area contributed by atoms with Crippen molar-refractivity contribution in [2.75, 3.05) is 5.73 Å². The summed E-state index contributed by atoms with van der Waals surface area (Å²) in [6.07, 6.45) is 3.69. The zero-order valence-electron chi connectivity index (χ0n) is 12.1. The molecule has 0 unspecified atom stereocenters. The van der Waals surface area contributed by atoms with Crippen molar-refractivity contribution < 1.29 is 0 Å². The SMILES string of the molecule is C[C@H]1C[C@H](n2c(N)nc3ccccc32)CC(C)(C)C1. The summed E-state index contributed by atoms with van der Waals surface area (Å²) in [7, 11) is 0. The third kappa shape index (κ3) is 2.22. The van der Waals surface area contributed by atoms with Crippen molar-refractivity contribution in [3.05, 3.63) is 24.3 Å². The van der Waals surface area contributed by atoms with E-state index < -0.39 is 0 Å². The Balaban J connectivity index is 2.06. The fourth-order valence-corrected chi connectivity index (χ4v) is 3.94. The van der Waals surface area contributed by atoms with Gasteiger partial charge in [-0.1, -0.05) is 32.9 Å². The van der Waals surface area contributed by atoms with E-state index in [0.717, 1.165) is 11.4 Å². The van der Waals surface area contributed by atoms with E-state index in [9.17, 15) is 0 Å². The van der Waals surface area contributed by atoms with Crippen LogP contribution >= 0.6 is 0 Å². The number of nitrogen functional groups attached to an aromatic ring is 1. The minimum absolute atomic E-state index is 0.389. The summed E-state index contributed by atoms with van der Waals surface area (Å²) in [5.74, 6) is 1.41. The molecule has 102 valence electrons. The van der Waals surface area contributed by atoms with E-state index in [2.05, 4.69) is 42.5 Å². The van der Waals surface area contributed by atoms with Gasteiger partial charge in [-0.3, -0.25) is 0 Å². The molecule has 1 fully saturated rings. The topological polar surface area (TPSA) is 43.8 Å². The monoisotopic (exact) mass is 257 g/mol. The molecule has 3 nitrogen and oxygen atoms in total. The van der Waals surface area contributed by atoms with Crippen molar-refractivity contribution in [2.24, 2.45) is 11.3 Å². The van der Waals surface area contributed by atoms with E-state index in [4.69, 9.17) is 5.73 Å². The van der Waals surface area contributed by atoms with Gasteiger partial charge in [0.25, 0.3) is 0 Å². The number of aromatic nitrogens is 2. The van der Waals surface area contributed by atoms with Gasteiger partial charge in [0.15, 0.2) is 0 Å². The van der Waals surface area contributed by atoms with Gasteiger partial charge in [-0.15, -0.1) is 0 Å². The van der Waals surface area contributed by atoms with E-state index in [1.807, 2.05) is 12.1 Å². The zero-order valence-corrected chi connectivity index (χ0v) is 12.1. The van der Waals surface area contributed by atoms with E-state index in [1.54, 1.807) is 0 Å². The third-order valence-electron chi connectivity index (χ3n) is 4.35. The second-order valence-electron chi connectivity index (χ2n) is 6.90. The fourth-order valence-electron chi connectivity index (χ4n) is 3.94. The highest BCUT2D eigenvalue weighted by molar-refractivity contribution is 5.78. The molecular formula is C16H23N3. The zero-order chi connectivity index (χ0) is 13.6. The Labute approximate surface area is 114 Å². The maximum atomic E-state index is 6.17. The molecule has 3 rings (SSSR count). The van der Waals surface area contributed by atoms with Crippen LogP contribution in [0.25, 0.3) is 11.0 Å². The Bertz CT molecular complexity index is 597. The Morgan fingerprint density at radius 3 is 2.74 bits per heavy atom. The van der Waals surface area contributed by atoms with E-state index in [1.165, 1.54) is 24.8 Å². The molecule has 19 heavy (non-hydrogen) atoms. The molecule has 1 aliphatic rings. The van der Waals surface area contributed by atoms with Gasteiger partial charge in [-0.05, 0) is 42.7 Å². The number of anilines is 1. The quantitative estimate of drug-likeness (QED) is 0.839. The van der Waals surface area contributed by atoms with Crippen LogP contribution in [0.2, 0.25) is 0 Å². The number of hydrogen-bond acceptors (Lipinski definition) is 2. The molecule has 2 atom stereocenters. The average Bonchev–Trinajstić information content (AvgIpc) is 2.61. The molecule has 2 N–H and O–H groups in total. The van der Waals surface area contributed by atoms with Gasteiger partial charge in [-0.2, -0.15) is 0 Å². The Morgan fingerprint density at radius 2 is 2.00 bits per heavy atom. The number of hydrogen-bond donors (Lipinski definition) is 1. The number of nitrogens with two attached hydrogens (primary N) is 1. The summed E-state index contributed by atoms with van der Waals surface area (Å²) in [6, 6.07) is 8.74. The molecule has 0 saturated heterocycles. The number of para-hydroxylation sites is 2. The van der Waals surface area contributed by atoms with Gasteiger partial charge >= 0.3 is 0 Å². The lowest BCUT2D eigenvalue weighted by Crippen LogP contribution is -2.29. The van der Waals surface area contributed by atoms with Gasteiger partial charge in [0, 0.05) is 6.04 Å². The lowest BCUT2D eigenvalue weighted by molar-refractivity contribution is 0.140. The van der Waals surface area contributed by atoms with Crippen molar-refractivity contribution in [2.45, 2.75) is 46.1 Å². The lowest BCUT2D eigenvalue weighted by Gasteiger charge is -2.40. The summed E-state index contributed by atoms with van der Waals surface area (Å²) in [4.78, 5) is 4.50. The Hall–Kier alpha value is -1.51. The maximum absolute atomic E-state index is 6.17. The predicted molar refractivity (Wildman–Crippen MR) is 80.0 cm³/mol. The van der Waals surface area contributed by atoms with Crippen LogP contribution in [0.1, 0.15) is 46.1 Å². The molecule has 3 heteroatoms. The third-order valence-corrected chi connectivity index (χ3v) is 4.35. The molecule has 1 aromatic carbocycles. The molecular weight excluding hydrogens is 234 g/mol. The van der Waals surface area contributed by atoms with Crippen LogP contribution in [-0.4, -0.2) is 9.55 Å². The van der Waals surface area contributed by atoms with Gasteiger partial charge in [0.2, 0.25) is 5.95 Å². The largest absolute Gasteiger partial charge is 0.369 e. The minimum atomic E-state index is 0.389. The summed E-state index contributed by atoms with van der Waals surface area (Å²) in [5.41, 5.74) is 8.75. The van der Waals surface area contributed by atoms with Crippen molar-refractivity contribution in [3.63, 3.8) is 0 Å². The van der Waals surface area contributed by atoms with Crippen LogP contribution in [0.15, 0.2) is 24.3 Å². The molecule has 0 spiro atoms. The van der Waals surface area contributed by atoms with E-state index in [0.29, 0.717) is 17.4 Å². The summed E-state index contributed by atoms with van der Waals surface area (Å²) in [5, 5.41) is 0. The molecule has 0 amide bonds. The van der Waals surface area contributed by atoms with Gasteiger partial charge in [-0.25, -0.2) is 4.98 Å². The first-order valence-corrected chi connectivity index (χ1v) is 7.19. The number of fused-ring (bicyclic) bond motifs is 1. The molecule has 0 radical (unpaired) electrons. The van der Waals surface area contributed by atoms with Crippen LogP contribution in [0.4, 0.5) is 5.95 Å². The van der Waals surface area contributed by atoms with Crippen LogP contribution in [0.3, 0.4) is 0 Å². The first-order valence-electron chi connectivity index (χ1n) is 7.19. The predicted octanol–water partition coefficient (Wildman–Crippen LogP) is 4.01. The van der Waals surface area contributed by atoms with E-state index in [-0.39, 0.29) is 0 Å². The minimum Gasteiger partial charge on any atom is -0.369 e. The van der Waals surface area contributed by atoms with Gasteiger partial charge in [0.05, 0.1) is 11.0 Å². The molecule has 1 aromatic heterocycles. The second-order valence-corrected chi connectivity index (χ2v) is 6.90. The van der Waals surface area contributed by atoms with E-state index >= 15 is 0 Å². The van der Waals surface area contributed by atoms with Crippen LogP contribution in [0, 0.1) is 11.3 Å². The van der Waals surface area contributed by atoms with Crippen LogP contribution < -0.4 is 5.73 Å². The normalized spacial score (nSPS) is 26.7. The Morgan fingerprint density at radius 1 is 1.26 bits per heavy atom. The number of benzene rings is 1. The number of imidazole rings is 1. The van der Waals surface area contributed by atoms with Crippen LogP contribution in [0.5, 0.6) is 0 Å². The first-order chi connectivity index (χ1) is 8.96. The maximum Gasteiger partial charge on any atom is 0.201 e. The van der Waals surface area contributed by atoms with Crippen molar-refractivity contribution >= 4 is 17.0 Å². The lowest BCUT2D eigenvalue weighted by atomic mass is 9.70. The molecule has 0 aliphatic heterocycles. The fraction of sp³-hybridized carbons (Fsp3) is 0.562. The highest BCUT2D eigenvalue weighted by Crippen LogP contribution is 2.45. The van der Waals surface area contributed by atoms with Crippen molar-refractivity contribution in [1.29, 1.82) is 0 Å². The molecule has 1 aliphatic carbocycles. The number of rotatable bonds is 1. The second kappa shape index (κ2) is 4.26. The highest BCUT2D eigenvalue weighted by Gasteiger charge is 2.34. The molecule has 2 aromatic rings. The average molecular weight is 257 g/mol. The summed E-state index contributed by atoms with van der Waals surface area (Å²) in [6.45, 7) is 7.08. The summed E-state index contributed by atoms with van der Waals surface area (Å²) >= 11 is 0. The molecule has 1 heterocycles. The first kappa shape index (κ1) is 12.5. The highest BCUT2D eigenvalue weighted by atomic mass is 15.2. The van der Waals surface area contributed by atoms with Gasteiger partial charge < -0.3 is 10.3 Å². The van der Waals surface area contributed by atoms with Gasteiger partial charge in [0.1, 0.15) is 0 Å². The number of nitrogens with zero attached hydrogens (tertiary/aromatic N) is 2. The smallest absolute Gasteiger partial charge is 0.201 e. The molecule has 0 bridgehead atoms. The molecule has 1 saturated carbocycles. The van der Waals surface area contributed by atoms with Crippen molar-refractivity contribution in [3.8, 4) is 0 Å². The van der Waals surface area contributed by atoms with Crippen molar-refractivity contribution in [1.82, 2.24) is 9.55 Å². The van der Waals surface area contributed by atoms with Crippen LogP contribution in [-0.2, 0) is 0 Å². The standard InChI is InChI=1S/C16H23N3/c1-11-8-12(10-16(2,3)9-11)19-14-7-5-4-6-13(14)18-15(19)17/h4-7,11-12H,8-10H2,1-3H3,(H2,17,18)/t11-,12-/m0/s1. The Kier molecular flexibility index (Phi) is 2.80. The summed E-state index contributed by atoms with van der Waals surface area (Å²) < 4.78 is 2.26.